The number of carbonyl (C=O) groups is 1. The number of benzene rings is 1. The number of hydrogen-bond acceptors (Lipinski definition) is 2. The summed E-state index contributed by atoms with van der Waals surface area (Å²) >= 11 is 0. The maximum atomic E-state index is 12.6. The summed E-state index contributed by atoms with van der Waals surface area (Å²) in [5, 5.41) is 6.28. The zero-order valence-corrected chi connectivity index (χ0v) is 12.0. The van der Waals surface area contributed by atoms with Crippen molar-refractivity contribution in [2.75, 3.05) is 0 Å². The summed E-state index contributed by atoms with van der Waals surface area (Å²) < 4.78 is 0. The first-order valence-corrected chi connectivity index (χ1v) is 7.33. The van der Waals surface area contributed by atoms with Gasteiger partial charge in [-0.1, -0.05) is 44.2 Å². The summed E-state index contributed by atoms with van der Waals surface area (Å²) in [5.41, 5.74) is 0.329. The summed E-state index contributed by atoms with van der Waals surface area (Å²) in [6.07, 6.45) is 3.01. The van der Waals surface area contributed by atoms with Crippen LogP contribution in [0.25, 0.3) is 0 Å². The molecule has 1 saturated heterocycles. The highest BCUT2D eigenvalue weighted by atomic mass is 16.2. The minimum absolute atomic E-state index is 0.0109. The van der Waals surface area contributed by atoms with Gasteiger partial charge in [0.05, 0.1) is 6.04 Å². The molecule has 106 valence electrons. The van der Waals surface area contributed by atoms with E-state index in [-0.39, 0.29) is 5.91 Å². The molecule has 1 unspecified atom stereocenters. The molecule has 1 aromatic carbocycles. The van der Waals surface area contributed by atoms with Crippen LogP contribution in [-0.4, -0.2) is 17.9 Å². The molecule has 1 heterocycles. The second-order valence-electron chi connectivity index (χ2n) is 6.16. The number of aliphatic imine (C=N–C) groups is 1. The lowest BCUT2D eigenvalue weighted by Gasteiger charge is -2.28. The van der Waals surface area contributed by atoms with E-state index in [2.05, 4.69) is 29.5 Å². The lowest BCUT2D eigenvalue weighted by Crippen LogP contribution is -2.45. The van der Waals surface area contributed by atoms with Gasteiger partial charge in [0, 0.05) is 0 Å². The van der Waals surface area contributed by atoms with Crippen molar-refractivity contribution in [1.82, 2.24) is 10.6 Å². The van der Waals surface area contributed by atoms with Gasteiger partial charge >= 0.3 is 0 Å². The van der Waals surface area contributed by atoms with Crippen molar-refractivity contribution in [2.45, 2.75) is 44.7 Å². The van der Waals surface area contributed by atoms with E-state index in [1.165, 1.54) is 0 Å². The monoisotopic (exact) mass is 271 g/mol. The Labute approximate surface area is 119 Å². The van der Waals surface area contributed by atoms with Gasteiger partial charge in [0.25, 0.3) is 5.91 Å². The first kappa shape index (κ1) is 13.2. The maximum absolute atomic E-state index is 12.6. The van der Waals surface area contributed by atoms with E-state index in [4.69, 9.17) is 0 Å². The second-order valence-corrected chi connectivity index (χ2v) is 6.16. The van der Waals surface area contributed by atoms with Gasteiger partial charge in [-0.3, -0.25) is 10.1 Å². The van der Waals surface area contributed by atoms with Crippen LogP contribution in [0.5, 0.6) is 0 Å². The summed E-state index contributed by atoms with van der Waals surface area (Å²) in [6, 6.07) is 10.3. The smallest absolute Gasteiger partial charge is 0.257 e. The van der Waals surface area contributed by atoms with E-state index >= 15 is 0 Å². The molecule has 0 radical (unpaired) electrons. The van der Waals surface area contributed by atoms with Crippen LogP contribution in [0.3, 0.4) is 0 Å². The molecule has 4 nitrogen and oxygen atoms in total. The second kappa shape index (κ2) is 4.93. The fourth-order valence-corrected chi connectivity index (χ4v) is 2.76. The summed E-state index contributed by atoms with van der Waals surface area (Å²) in [6.45, 7) is 4.27. The normalized spacial score (nSPS) is 27.8. The Balaban J connectivity index is 1.96. The van der Waals surface area contributed by atoms with E-state index < -0.39 is 5.54 Å². The van der Waals surface area contributed by atoms with Gasteiger partial charge in [0.15, 0.2) is 5.96 Å². The van der Waals surface area contributed by atoms with Gasteiger partial charge in [-0.2, -0.15) is 0 Å². The van der Waals surface area contributed by atoms with Gasteiger partial charge in [0.2, 0.25) is 0 Å². The van der Waals surface area contributed by atoms with E-state index in [0.717, 1.165) is 24.8 Å². The first-order valence-electron chi connectivity index (χ1n) is 7.33. The van der Waals surface area contributed by atoms with E-state index in [9.17, 15) is 4.79 Å². The molecule has 2 N–H and O–H groups in total. The van der Waals surface area contributed by atoms with Crippen molar-refractivity contribution < 1.29 is 4.79 Å². The Kier molecular flexibility index (Phi) is 3.24. The molecule has 4 heteroatoms. The molecule has 1 saturated carbocycles. The lowest BCUT2D eigenvalue weighted by molar-refractivity contribution is -0.124. The van der Waals surface area contributed by atoms with Gasteiger partial charge in [-0.25, -0.2) is 4.99 Å². The van der Waals surface area contributed by atoms with E-state index in [1.54, 1.807) is 0 Å². The molecule has 0 bridgehead atoms. The number of amides is 1. The number of nitrogens with zero attached hydrogens (tertiary/aromatic N) is 1. The third kappa shape index (κ3) is 2.42. The molecule has 1 aliphatic carbocycles. The van der Waals surface area contributed by atoms with Crippen molar-refractivity contribution in [2.24, 2.45) is 10.9 Å². The quantitative estimate of drug-likeness (QED) is 0.881. The number of rotatable bonds is 4. The van der Waals surface area contributed by atoms with E-state index in [0.29, 0.717) is 17.9 Å². The van der Waals surface area contributed by atoms with Crippen molar-refractivity contribution in [1.29, 1.82) is 0 Å². The predicted octanol–water partition coefficient (Wildman–Crippen LogP) is 2.17. The number of carbonyl (C=O) groups excluding carboxylic acids is 1. The van der Waals surface area contributed by atoms with Crippen LogP contribution in [0.15, 0.2) is 35.3 Å². The van der Waals surface area contributed by atoms with Gasteiger partial charge in [-0.05, 0) is 30.7 Å². The first-order chi connectivity index (χ1) is 9.60. The molecule has 3 rings (SSSR count). The molecule has 1 aliphatic heterocycles. The minimum atomic E-state index is -0.677. The molecular weight excluding hydrogens is 250 g/mol. The van der Waals surface area contributed by atoms with Crippen molar-refractivity contribution in [3.05, 3.63) is 35.9 Å². The Morgan fingerprint density at radius 1 is 1.30 bits per heavy atom. The largest absolute Gasteiger partial charge is 0.338 e. The number of nitrogens with one attached hydrogen (secondary N) is 2. The lowest BCUT2D eigenvalue weighted by atomic mass is 9.82. The van der Waals surface area contributed by atoms with Crippen LogP contribution in [0, 0.1) is 5.92 Å². The minimum Gasteiger partial charge on any atom is -0.338 e. The Bertz CT molecular complexity index is 534. The third-order valence-electron chi connectivity index (χ3n) is 3.79. The molecule has 1 atom stereocenters. The van der Waals surface area contributed by atoms with Crippen molar-refractivity contribution in [3.8, 4) is 0 Å². The fraction of sp³-hybridized carbons (Fsp3) is 0.500. The topological polar surface area (TPSA) is 53.5 Å². The summed E-state index contributed by atoms with van der Waals surface area (Å²) in [5.74, 6) is 1.06. The zero-order chi connectivity index (χ0) is 14.2. The standard InChI is InChI=1S/C16H21N3O/c1-11(2)10-16(12-6-4-3-5-7-12)14(20)18-15(19-16)17-13-8-9-13/h3-7,11,13H,8-10H2,1-2H3,(H2,17,18,19,20). The highest BCUT2D eigenvalue weighted by Gasteiger charge is 2.47. The zero-order valence-electron chi connectivity index (χ0n) is 12.0. The summed E-state index contributed by atoms with van der Waals surface area (Å²) in [7, 11) is 0. The molecule has 1 amide bonds. The highest BCUT2D eigenvalue weighted by Crippen LogP contribution is 2.32. The van der Waals surface area contributed by atoms with E-state index in [1.807, 2.05) is 30.3 Å². The number of guanidine groups is 1. The maximum Gasteiger partial charge on any atom is 0.257 e. The Morgan fingerprint density at radius 2 is 2.00 bits per heavy atom. The molecule has 2 aliphatic rings. The van der Waals surface area contributed by atoms with Gasteiger partial charge < -0.3 is 5.32 Å². The van der Waals surface area contributed by atoms with Crippen LogP contribution < -0.4 is 10.6 Å². The average molecular weight is 271 g/mol. The molecule has 2 fully saturated rings. The predicted molar refractivity (Wildman–Crippen MR) is 79.3 cm³/mol. The van der Waals surface area contributed by atoms with Crippen LogP contribution >= 0.6 is 0 Å². The number of hydrogen-bond donors (Lipinski definition) is 2. The summed E-state index contributed by atoms with van der Waals surface area (Å²) in [4.78, 5) is 17.1. The third-order valence-corrected chi connectivity index (χ3v) is 3.79. The van der Waals surface area contributed by atoms with Crippen molar-refractivity contribution in [3.63, 3.8) is 0 Å². The van der Waals surface area contributed by atoms with Gasteiger partial charge in [-0.15, -0.1) is 0 Å². The van der Waals surface area contributed by atoms with Crippen LogP contribution in [0.4, 0.5) is 0 Å². The SMILES string of the molecule is CC(C)CC1(c2ccccc2)NC(=NC2CC2)NC1=O. The van der Waals surface area contributed by atoms with Crippen molar-refractivity contribution >= 4 is 11.9 Å². The molecule has 0 aromatic heterocycles. The highest BCUT2D eigenvalue weighted by molar-refractivity contribution is 6.09. The molecule has 20 heavy (non-hydrogen) atoms. The van der Waals surface area contributed by atoms with Crippen LogP contribution in [0.2, 0.25) is 0 Å². The molecular formula is C16H21N3O. The molecule has 1 aromatic rings. The van der Waals surface area contributed by atoms with Crippen LogP contribution in [0.1, 0.15) is 38.7 Å². The fourth-order valence-electron chi connectivity index (χ4n) is 2.76. The molecule has 0 spiro atoms. The van der Waals surface area contributed by atoms with Crippen LogP contribution in [-0.2, 0) is 10.3 Å². The Morgan fingerprint density at radius 3 is 2.60 bits per heavy atom. The van der Waals surface area contributed by atoms with Gasteiger partial charge in [0.1, 0.15) is 5.54 Å². The Hall–Kier alpha value is -1.84. The average Bonchev–Trinajstić information content (AvgIpc) is 3.16.